The average Bonchev–Trinajstić information content (AvgIpc) is 2.93. The van der Waals surface area contributed by atoms with Crippen molar-refractivity contribution in [2.75, 3.05) is 6.54 Å². The molecule has 1 aliphatic rings. The Morgan fingerprint density at radius 2 is 1.92 bits per heavy atom. The predicted octanol–water partition coefficient (Wildman–Crippen LogP) is 2.96. The van der Waals surface area contributed by atoms with E-state index in [1.807, 2.05) is 33.8 Å². The molecule has 6 heteroatoms. The minimum absolute atomic E-state index is 0.157. The second kappa shape index (κ2) is 7.20. The van der Waals surface area contributed by atoms with E-state index in [-0.39, 0.29) is 5.91 Å². The summed E-state index contributed by atoms with van der Waals surface area (Å²) in [6, 6.07) is 3.58. The van der Waals surface area contributed by atoms with Gasteiger partial charge in [-0.1, -0.05) is 12.8 Å². The van der Waals surface area contributed by atoms with Crippen molar-refractivity contribution in [2.24, 2.45) is 0 Å². The molecule has 1 aromatic rings. The molecular weight excluding hydrogens is 306 g/mol. The Bertz CT molecular complexity index is 585. The number of nitrogens with one attached hydrogen (secondary N) is 2. The van der Waals surface area contributed by atoms with Gasteiger partial charge in [-0.25, -0.2) is 4.79 Å². The summed E-state index contributed by atoms with van der Waals surface area (Å²) in [5.41, 5.74) is 0.445. The summed E-state index contributed by atoms with van der Waals surface area (Å²) in [6.45, 7) is 7.72. The lowest BCUT2D eigenvalue weighted by Gasteiger charge is -2.31. The van der Waals surface area contributed by atoms with Crippen LogP contribution in [0.15, 0.2) is 18.3 Å². The lowest BCUT2D eigenvalue weighted by molar-refractivity contribution is 0.0505. The zero-order valence-electron chi connectivity index (χ0n) is 14.9. The van der Waals surface area contributed by atoms with Gasteiger partial charge in [-0.3, -0.25) is 9.78 Å². The van der Waals surface area contributed by atoms with Crippen LogP contribution in [0.25, 0.3) is 0 Å². The van der Waals surface area contributed by atoms with Crippen molar-refractivity contribution in [1.82, 2.24) is 15.6 Å². The lowest BCUT2D eigenvalue weighted by Crippen LogP contribution is -2.54. The number of hydrogen-bond acceptors (Lipinski definition) is 4. The van der Waals surface area contributed by atoms with Crippen molar-refractivity contribution in [3.8, 4) is 0 Å². The van der Waals surface area contributed by atoms with Crippen molar-refractivity contribution in [1.29, 1.82) is 0 Å². The fourth-order valence-corrected chi connectivity index (χ4v) is 2.87. The largest absolute Gasteiger partial charge is 0.444 e. The molecule has 6 nitrogen and oxygen atoms in total. The maximum Gasteiger partial charge on any atom is 0.407 e. The van der Waals surface area contributed by atoms with Gasteiger partial charge in [0.15, 0.2) is 0 Å². The average molecular weight is 333 g/mol. The number of ether oxygens (including phenoxy) is 1. The normalized spacial score (nSPS) is 16.5. The van der Waals surface area contributed by atoms with Gasteiger partial charge in [-0.05, 0) is 52.7 Å². The molecule has 132 valence electrons. The summed E-state index contributed by atoms with van der Waals surface area (Å²) in [7, 11) is 0. The Hall–Kier alpha value is -2.11. The van der Waals surface area contributed by atoms with E-state index in [0.717, 1.165) is 31.4 Å². The summed E-state index contributed by atoms with van der Waals surface area (Å²) >= 11 is 0. The maximum atomic E-state index is 12.5. The van der Waals surface area contributed by atoms with Crippen molar-refractivity contribution in [2.45, 2.75) is 64.5 Å². The second-order valence-electron chi connectivity index (χ2n) is 7.49. The quantitative estimate of drug-likeness (QED) is 0.888. The van der Waals surface area contributed by atoms with E-state index in [4.69, 9.17) is 4.74 Å². The number of amides is 2. The van der Waals surface area contributed by atoms with Crippen LogP contribution in [0.2, 0.25) is 0 Å². The van der Waals surface area contributed by atoms with E-state index >= 15 is 0 Å². The van der Waals surface area contributed by atoms with Crippen molar-refractivity contribution in [3.05, 3.63) is 29.6 Å². The molecule has 0 saturated heterocycles. The third kappa shape index (κ3) is 5.22. The van der Waals surface area contributed by atoms with Gasteiger partial charge < -0.3 is 15.4 Å². The first-order chi connectivity index (χ1) is 11.2. The van der Waals surface area contributed by atoms with Crippen LogP contribution in [0.5, 0.6) is 0 Å². The summed E-state index contributed by atoms with van der Waals surface area (Å²) in [5, 5.41) is 5.89. The van der Waals surface area contributed by atoms with Gasteiger partial charge in [0.1, 0.15) is 5.60 Å². The summed E-state index contributed by atoms with van der Waals surface area (Å²) in [6.07, 6.45) is 4.86. The number of carbonyl (C=O) groups excluding carboxylic acids is 2. The van der Waals surface area contributed by atoms with Crippen LogP contribution in [0, 0.1) is 6.92 Å². The van der Waals surface area contributed by atoms with Gasteiger partial charge in [0, 0.05) is 18.4 Å². The van der Waals surface area contributed by atoms with Gasteiger partial charge in [0.25, 0.3) is 5.91 Å². The van der Waals surface area contributed by atoms with Gasteiger partial charge in [0.2, 0.25) is 0 Å². The molecule has 2 N–H and O–H groups in total. The number of aromatic nitrogens is 1. The number of aryl methyl sites for hydroxylation is 1. The highest BCUT2D eigenvalue weighted by molar-refractivity contribution is 5.94. The molecule has 0 bridgehead atoms. The monoisotopic (exact) mass is 333 g/mol. The number of pyridine rings is 1. The zero-order valence-corrected chi connectivity index (χ0v) is 14.9. The number of rotatable bonds is 4. The Morgan fingerprint density at radius 3 is 2.46 bits per heavy atom. The smallest absolute Gasteiger partial charge is 0.407 e. The molecule has 1 saturated carbocycles. The molecule has 2 rings (SSSR count). The molecule has 2 amide bonds. The summed E-state index contributed by atoms with van der Waals surface area (Å²) < 4.78 is 5.27. The first kappa shape index (κ1) is 18.2. The Morgan fingerprint density at radius 1 is 1.25 bits per heavy atom. The number of carbonyl (C=O) groups is 2. The van der Waals surface area contributed by atoms with E-state index in [0.29, 0.717) is 12.1 Å². The first-order valence-corrected chi connectivity index (χ1v) is 8.41. The van der Waals surface area contributed by atoms with Crippen LogP contribution in [0.1, 0.15) is 62.5 Å². The van der Waals surface area contributed by atoms with Gasteiger partial charge >= 0.3 is 6.09 Å². The van der Waals surface area contributed by atoms with Crippen molar-refractivity contribution >= 4 is 12.0 Å². The van der Waals surface area contributed by atoms with E-state index in [1.165, 1.54) is 0 Å². The topological polar surface area (TPSA) is 80.3 Å². The standard InChI is InChI=1S/C18H27N3O3/c1-13-7-8-14(11-19-13)15(22)21-18(9-5-6-10-18)12-20-16(23)24-17(2,3)4/h7-8,11H,5-6,9-10,12H2,1-4H3,(H,20,23)(H,21,22). The Balaban J connectivity index is 1.98. The van der Waals surface area contributed by atoms with Gasteiger partial charge in [-0.2, -0.15) is 0 Å². The van der Waals surface area contributed by atoms with Crippen LogP contribution < -0.4 is 10.6 Å². The number of alkyl carbamates (subject to hydrolysis) is 1. The summed E-state index contributed by atoms with van der Waals surface area (Å²) in [5.74, 6) is -0.157. The highest BCUT2D eigenvalue weighted by Gasteiger charge is 2.36. The maximum absolute atomic E-state index is 12.5. The number of hydrogen-bond donors (Lipinski definition) is 2. The lowest BCUT2D eigenvalue weighted by atomic mass is 9.97. The highest BCUT2D eigenvalue weighted by atomic mass is 16.6. The SMILES string of the molecule is Cc1ccc(C(=O)NC2(CNC(=O)OC(C)(C)C)CCCC2)cn1. The third-order valence-electron chi connectivity index (χ3n) is 4.08. The molecule has 0 atom stereocenters. The van der Waals surface area contributed by atoms with Crippen LogP contribution in [-0.2, 0) is 4.74 Å². The number of nitrogens with zero attached hydrogens (tertiary/aromatic N) is 1. The van der Waals surface area contributed by atoms with E-state index in [9.17, 15) is 9.59 Å². The van der Waals surface area contributed by atoms with Crippen molar-refractivity contribution < 1.29 is 14.3 Å². The Labute approximate surface area is 143 Å². The molecule has 1 fully saturated rings. The minimum Gasteiger partial charge on any atom is -0.444 e. The van der Waals surface area contributed by atoms with E-state index in [2.05, 4.69) is 15.6 Å². The predicted molar refractivity (Wildman–Crippen MR) is 91.9 cm³/mol. The van der Waals surface area contributed by atoms with Crippen LogP contribution in [0.3, 0.4) is 0 Å². The molecular formula is C18H27N3O3. The molecule has 0 aromatic carbocycles. The minimum atomic E-state index is -0.538. The molecule has 0 spiro atoms. The second-order valence-corrected chi connectivity index (χ2v) is 7.49. The fourth-order valence-electron chi connectivity index (χ4n) is 2.87. The molecule has 1 aromatic heterocycles. The van der Waals surface area contributed by atoms with Crippen molar-refractivity contribution in [3.63, 3.8) is 0 Å². The highest BCUT2D eigenvalue weighted by Crippen LogP contribution is 2.29. The van der Waals surface area contributed by atoms with Gasteiger partial charge in [0.05, 0.1) is 11.1 Å². The third-order valence-corrected chi connectivity index (χ3v) is 4.08. The summed E-state index contributed by atoms with van der Waals surface area (Å²) in [4.78, 5) is 28.6. The van der Waals surface area contributed by atoms with Crippen LogP contribution >= 0.6 is 0 Å². The zero-order chi connectivity index (χ0) is 17.8. The molecule has 0 radical (unpaired) electrons. The van der Waals surface area contributed by atoms with Crippen LogP contribution in [-0.4, -0.2) is 34.7 Å². The molecule has 1 aliphatic carbocycles. The van der Waals surface area contributed by atoms with Crippen LogP contribution in [0.4, 0.5) is 4.79 Å². The fraction of sp³-hybridized carbons (Fsp3) is 0.611. The first-order valence-electron chi connectivity index (χ1n) is 8.41. The molecule has 1 heterocycles. The molecule has 24 heavy (non-hydrogen) atoms. The van der Waals surface area contributed by atoms with Gasteiger partial charge in [-0.15, -0.1) is 0 Å². The molecule has 0 unspecified atom stereocenters. The van der Waals surface area contributed by atoms with E-state index < -0.39 is 17.2 Å². The van der Waals surface area contributed by atoms with E-state index in [1.54, 1.807) is 12.3 Å². The molecule has 0 aliphatic heterocycles. The Kier molecular flexibility index (Phi) is 5.47.